The number of nitrogens with one attached hydrogen (secondary N) is 2. The maximum Gasteiger partial charge on any atom is 0.250 e. The van der Waals surface area contributed by atoms with Crippen molar-refractivity contribution in [2.45, 2.75) is 32.6 Å². The molecule has 0 radical (unpaired) electrons. The number of unbranched alkanes of at least 4 members (excludes halogenated alkanes) is 1. The molecule has 1 aliphatic rings. The highest BCUT2D eigenvalue weighted by atomic mass is 16.3. The summed E-state index contributed by atoms with van der Waals surface area (Å²) in [5.41, 5.74) is 5.74. The van der Waals surface area contributed by atoms with Gasteiger partial charge in [-0.3, -0.25) is 4.79 Å². The number of amides is 1. The Kier molecular flexibility index (Phi) is 8.76. The van der Waals surface area contributed by atoms with Gasteiger partial charge in [-0.25, -0.2) is 4.52 Å². The number of nitrogens with zero attached hydrogens (tertiary/aromatic N) is 2. The lowest BCUT2D eigenvalue weighted by Crippen LogP contribution is -2.26. The van der Waals surface area contributed by atoms with Crippen LogP contribution in [-0.4, -0.2) is 33.7 Å². The molecule has 0 spiro atoms. The van der Waals surface area contributed by atoms with Crippen molar-refractivity contribution in [3.8, 4) is 16.9 Å². The summed E-state index contributed by atoms with van der Waals surface area (Å²) in [7, 11) is 0. The Bertz CT molecular complexity index is 1550. The summed E-state index contributed by atoms with van der Waals surface area (Å²) >= 11 is 0. The highest BCUT2D eigenvalue weighted by Gasteiger charge is 2.14. The Morgan fingerprint density at radius 3 is 2.73 bits per heavy atom. The number of phenolic OH excluding ortho intramolecular Hbond substituents is 1. The van der Waals surface area contributed by atoms with Crippen LogP contribution >= 0.6 is 0 Å². The van der Waals surface area contributed by atoms with Gasteiger partial charge < -0.3 is 15.7 Å². The number of aromatic nitrogens is 2. The van der Waals surface area contributed by atoms with Crippen LogP contribution in [0.15, 0.2) is 103 Å². The summed E-state index contributed by atoms with van der Waals surface area (Å²) in [6.45, 7) is 3.40. The van der Waals surface area contributed by atoms with E-state index in [9.17, 15) is 9.90 Å². The molecule has 4 aromatic rings. The van der Waals surface area contributed by atoms with Crippen molar-refractivity contribution in [1.29, 1.82) is 0 Å². The predicted molar refractivity (Wildman–Crippen MR) is 163 cm³/mol. The first kappa shape index (κ1) is 27.0. The SMILES string of the molecule is Cc1cnn2c(NCCCCNC(=O)C3=CC(CC=Cc4ccccc4)CC=C3)cc(-c3ccccc3O)cc12. The number of pyridine rings is 1. The summed E-state index contributed by atoms with van der Waals surface area (Å²) in [6, 6.07) is 21.7. The molecule has 1 amide bonds. The Balaban J connectivity index is 1.10. The number of rotatable bonds is 11. The van der Waals surface area contributed by atoms with Gasteiger partial charge in [-0.15, -0.1) is 0 Å². The minimum atomic E-state index is -0.00922. The topological polar surface area (TPSA) is 78.7 Å². The van der Waals surface area contributed by atoms with E-state index in [0.29, 0.717) is 12.5 Å². The zero-order valence-electron chi connectivity index (χ0n) is 22.9. The molecule has 2 aromatic carbocycles. The third-order valence-electron chi connectivity index (χ3n) is 7.18. The van der Waals surface area contributed by atoms with Crippen LogP contribution in [0.1, 0.15) is 36.8 Å². The summed E-state index contributed by atoms with van der Waals surface area (Å²) in [5.74, 6) is 1.46. The van der Waals surface area contributed by atoms with Gasteiger partial charge in [0.1, 0.15) is 11.6 Å². The molecule has 6 heteroatoms. The molecule has 0 saturated heterocycles. The molecular weight excluding hydrogens is 496 g/mol. The Morgan fingerprint density at radius 1 is 1.07 bits per heavy atom. The van der Waals surface area contributed by atoms with Gasteiger partial charge in [0, 0.05) is 24.2 Å². The molecule has 0 bridgehead atoms. The molecule has 2 heterocycles. The molecule has 0 fully saturated rings. The van der Waals surface area contributed by atoms with E-state index in [4.69, 9.17) is 0 Å². The smallest absolute Gasteiger partial charge is 0.250 e. The highest BCUT2D eigenvalue weighted by Crippen LogP contribution is 2.32. The van der Waals surface area contributed by atoms with Crippen molar-refractivity contribution in [1.82, 2.24) is 14.9 Å². The van der Waals surface area contributed by atoms with Gasteiger partial charge in [0.05, 0.1) is 11.7 Å². The minimum Gasteiger partial charge on any atom is -0.507 e. The van der Waals surface area contributed by atoms with Crippen LogP contribution in [0, 0.1) is 12.8 Å². The van der Waals surface area contributed by atoms with E-state index in [1.54, 1.807) is 6.07 Å². The number of fused-ring (bicyclic) bond motifs is 1. The largest absolute Gasteiger partial charge is 0.507 e. The summed E-state index contributed by atoms with van der Waals surface area (Å²) in [4.78, 5) is 12.7. The zero-order valence-corrected chi connectivity index (χ0v) is 22.9. The van der Waals surface area contributed by atoms with Crippen LogP contribution in [0.4, 0.5) is 5.82 Å². The monoisotopic (exact) mass is 532 g/mol. The molecule has 1 atom stereocenters. The number of hydrogen-bond acceptors (Lipinski definition) is 4. The number of aryl methyl sites for hydroxylation is 1. The van der Waals surface area contributed by atoms with Gasteiger partial charge in [0.2, 0.25) is 0 Å². The molecule has 40 heavy (non-hydrogen) atoms. The average molecular weight is 533 g/mol. The lowest BCUT2D eigenvalue weighted by Gasteiger charge is -2.15. The molecule has 0 aliphatic heterocycles. The average Bonchev–Trinajstić information content (AvgIpc) is 3.36. The molecular formula is C34H36N4O2. The third kappa shape index (κ3) is 6.70. The number of carbonyl (C=O) groups excluding carboxylic acids is 1. The van der Waals surface area contributed by atoms with E-state index in [2.05, 4.69) is 58.2 Å². The molecule has 1 aliphatic carbocycles. The summed E-state index contributed by atoms with van der Waals surface area (Å²) in [5, 5.41) is 21.5. The van der Waals surface area contributed by atoms with E-state index < -0.39 is 0 Å². The van der Waals surface area contributed by atoms with Gasteiger partial charge in [-0.1, -0.05) is 78.9 Å². The second-order valence-corrected chi connectivity index (χ2v) is 10.2. The predicted octanol–water partition coefficient (Wildman–Crippen LogP) is 6.93. The molecule has 2 aromatic heterocycles. The minimum absolute atomic E-state index is 0.00922. The van der Waals surface area contributed by atoms with Gasteiger partial charge >= 0.3 is 0 Å². The number of carbonyl (C=O) groups is 1. The maximum absolute atomic E-state index is 12.7. The fraction of sp³-hybridized carbons (Fsp3) is 0.235. The number of allylic oxidation sites excluding steroid dienone is 3. The van der Waals surface area contributed by atoms with Crippen molar-refractivity contribution in [3.63, 3.8) is 0 Å². The lowest BCUT2D eigenvalue weighted by molar-refractivity contribution is -0.117. The van der Waals surface area contributed by atoms with Crippen LogP contribution in [0.2, 0.25) is 0 Å². The summed E-state index contributed by atoms with van der Waals surface area (Å²) < 4.78 is 1.90. The first-order valence-electron chi connectivity index (χ1n) is 14.0. The Hall–Kier alpha value is -4.58. The second-order valence-electron chi connectivity index (χ2n) is 10.2. The van der Waals surface area contributed by atoms with Crippen molar-refractivity contribution in [3.05, 3.63) is 114 Å². The molecule has 3 N–H and O–H groups in total. The number of anilines is 1. The molecule has 204 valence electrons. The second kappa shape index (κ2) is 13.0. The van der Waals surface area contributed by atoms with Crippen molar-refractivity contribution >= 4 is 23.3 Å². The molecule has 0 saturated carbocycles. The first-order valence-corrected chi connectivity index (χ1v) is 14.0. The van der Waals surface area contributed by atoms with Crippen LogP contribution in [0.5, 0.6) is 5.75 Å². The number of hydrogen-bond donors (Lipinski definition) is 3. The van der Waals surface area contributed by atoms with Crippen LogP contribution in [0.3, 0.4) is 0 Å². The Labute approximate surface area is 235 Å². The van der Waals surface area contributed by atoms with Crippen LogP contribution in [0.25, 0.3) is 22.7 Å². The lowest BCUT2D eigenvalue weighted by atomic mass is 9.92. The normalized spacial score (nSPS) is 14.9. The number of para-hydroxylation sites is 1. The summed E-state index contributed by atoms with van der Waals surface area (Å²) in [6.07, 6.45) is 15.9. The molecule has 1 unspecified atom stereocenters. The molecule has 6 nitrogen and oxygen atoms in total. The van der Waals surface area contributed by atoms with E-state index >= 15 is 0 Å². The van der Waals surface area contributed by atoms with Gasteiger partial charge in [0.25, 0.3) is 5.91 Å². The fourth-order valence-electron chi connectivity index (χ4n) is 4.98. The van der Waals surface area contributed by atoms with E-state index in [1.807, 2.05) is 66.2 Å². The fourth-order valence-corrected chi connectivity index (χ4v) is 4.98. The molecule has 5 rings (SSSR count). The number of phenols is 1. The zero-order chi connectivity index (χ0) is 27.7. The van der Waals surface area contributed by atoms with Crippen LogP contribution in [-0.2, 0) is 4.79 Å². The van der Waals surface area contributed by atoms with E-state index in [1.165, 1.54) is 5.56 Å². The van der Waals surface area contributed by atoms with E-state index in [0.717, 1.165) is 65.8 Å². The Morgan fingerprint density at radius 2 is 1.88 bits per heavy atom. The highest BCUT2D eigenvalue weighted by molar-refractivity contribution is 5.96. The van der Waals surface area contributed by atoms with E-state index in [-0.39, 0.29) is 11.7 Å². The van der Waals surface area contributed by atoms with Crippen molar-refractivity contribution < 1.29 is 9.90 Å². The van der Waals surface area contributed by atoms with Crippen molar-refractivity contribution in [2.24, 2.45) is 5.92 Å². The third-order valence-corrected chi connectivity index (χ3v) is 7.18. The number of benzene rings is 2. The van der Waals surface area contributed by atoms with Crippen LogP contribution < -0.4 is 10.6 Å². The first-order chi connectivity index (χ1) is 19.6. The quantitative estimate of drug-likeness (QED) is 0.183. The maximum atomic E-state index is 12.7. The van der Waals surface area contributed by atoms with Gasteiger partial charge in [-0.05, 0) is 73.4 Å². The number of aromatic hydroxyl groups is 1. The van der Waals surface area contributed by atoms with Crippen molar-refractivity contribution in [2.75, 3.05) is 18.4 Å². The standard InChI is InChI=1S/C34H36N4O2/c1-25-24-37-38-31(25)22-29(30-17-5-6-18-32(30)39)23-33(38)35-19-7-8-20-36-34(40)28-16-10-15-27(21-28)14-9-13-26-11-3-2-4-12-26/h2-6,9-13,16-18,21-24,27,35,39H,7-8,14-15,19-20H2,1H3,(H,36,40). The van der Waals surface area contributed by atoms with Gasteiger partial charge in [-0.2, -0.15) is 5.10 Å². The van der Waals surface area contributed by atoms with Gasteiger partial charge in [0.15, 0.2) is 0 Å².